The highest BCUT2D eigenvalue weighted by Gasteiger charge is 2.24. The predicted molar refractivity (Wildman–Crippen MR) is 77.9 cm³/mol. The van der Waals surface area contributed by atoms with Gasteiger partial charge in [-0.2, -0.15) is 0 Å². The molecule has 4 nitrogen and oxygen atoms in total. The molecule has 0 aromatic carbocycles. The third kappa shape index (κ3) is 4.84. The normalized spacial score (nSPS) is 45.0. The van der Waals surface area contributed by atoms with E-state index >= 15 is 0 Å². The number of hydrogen-bond acceptors (Lipinski definition) is 4. The molecule has 0 heterocycles. The summed E-state index contributed by atoms with van der Waals surface area (Å²) in [6.45, 7) is 4.35. The Morgan fingerprint density at radius 1 is 0.722 bits per heavy atom. The third-order valence-electron chi connectivity index (χ3n) is 4.72. The summed E-state index contributed by atoms with van der Waals surface area (Å²) >= 11 is 0. The van der Waals surface area contributed by atoms with Crippen molar-refractivity contribution in [1.29, 1.82) is 0 Å². The standard InChI is InChI=1S/2C7H16N2/c1-5-2-3-6(8)4-7(5)9;1-5-6(8)3-2-4-7(5)9/h2*5-7H,2-4,8-9H2,1H3/t5-,6+,7+;5?,6-,7+/m1./s1. The zero-order chi connectivity index (χ0) is 13.7. The van der Waals surface area contributed by atoms with Crippen LogP contribution in [0.4, 0.5) is 0 Å². The molecule has 0 saturated heterocycles. The van der Waals surface area contributed by atoms with Crippen LogP contribution in [-0.2, 0) is 0 Å². The summed E-state index contributed by atoms with van der Waals surface area (Å²) in [6, 6.07) is 1.44. The van der Waals surface area contributed by atoms with E-state index in [0.717, 1.165) is 25.7 Å². The highest BCUT2D eigenvalue weighted by Crippen LogP contribution is 2.21. The summed E-state index contributed by atoms with van der Waals surface area (Å²) in [4.78, 5) is 0. The van der Waals surface area contributed by atoms with Gasteiger partial charge in [0.1, 0.15) is 0 Å². The van der Waals surface area contributed by atoms with Crippen molar-refractivity contribution in [3.8, 4) is 0 Å². The van der Waals surface area contributed by atoms with Gasteiger partial charge in [-0.15, -0.1) is 0 Å². The molecule has 0 amide bonds. The minimum absolute atomic E-state index is 0.355. The van der Waals surface area contributed by atoms with Crippen molar-refractivity contribution in [2.75, 3.05) is 0 Å². The minimum atomic E-state index is 0.355. The second kappa shape index (κ2) is 7.43. The van der Waals surface area contributed by atoms with Gasteiger partial charge in [0.15, 0.2) is 0 Å². The van der Waals surface area contributed by atoms with Gasteiger partial charge in [0, 0.05) is 24.2 Å². The minimum Gasteiger partial charge on any atom is -0.328 e. The Morgan fingerprint density at radius 3 is 1.67 bits per heavy atom. The van der Waals surface area contributed by atoms with E-state index in [2.05, 4.69) is 13.8 Å². The van der Waals surface area contributed by atoms with E-state index in [-0.39, 0.29) is 0 Å². The zero-order valence-corrected chi connectivity index (χ0v) is 12.0. The maximum absolute atomic E-state index is 5.79. The first kappa shape index (κ1) is 15.9. The van der Waals surface area contributed by atoms with Crippen LogP contribution in [0.1, 0.15) is 52.4 Å². The fourth-order valence-electron chi connectivity index (χ4n) is 2.82. The van der Waals surface area contributed by atoms with E-state index in [1.807, 2.05) is 0 Å². The lowest BCUT2D eigenvalue weighted by atomic mass is 9.83. The van der Waals surface area contributed by atoms with E-state index < -0.39 is 0 Å². The van der Waals surface area contributed by atoms with Crippen molar-refractivity contribution in [3.05, 3.63) is 0 Å². The van der Waals surface area contributed by atoms with Gasteiger partial charge in [0.2, 0.25) is 0 Å². The van der Waals surface area contributed by atoms with Crippen LogP contribution in [0.5, 0.6) is 0 Å². The Bertz CT molecular complexity index is 224. The van der Waals surface area contributed by atoms with Gasteiger partial charge in [0.05, 0.1) is 0 Å². The van der Waals surface area contributed by atoms with Crippen LogP contribution in [0.3, 0.4) is 0 Å². The summed E-state index contributed by atoms with van der Waals surface area (Å²) < 4.78 is 0. The van der Waals surface area contributed by atoms with Crippen LogP contribution in [0.2, 0.25) is 0 Å². The molecule has 2 aliphatic rings. The van der Waals surface area contributed by atoms with Crippen LogP contribution in [0.15, 0.2) is 0 Å². The van der Waals surface area contributed by atoms with Gasteiger partial charge < -0.3 is 22.9 Å². The second-order valence-electron chi connectivity index (χ2n) is 6.33. The van der Waals surface area contributed by atoms with E-state index in [0.29, 0.717) is 36.0 Å². The van der Waals surface area contributed by atoms with Crippen LogP contribution in [0, 0.1) is 11.8 Å². The summed E-state index contributed by atoms with van der Waals surface area (Å²) in [5, 5.41) is 0. The van der Waals surface area contributed by atoms with Gasteiger partial charge >= 0.3 is 0 Å². The number of hydrogen-bond donors (Lipinski definition) is 4. The number of nitrogens with two attached hydrogens (primary N) is 4. The highest BCUT2D eigenvalue weighted by atomic mass is 14.7. The molecule has 2 rings (SSSR count). The van der Waals surface area contributed by atoms with Crippen LogP contribution in [0.25, 0.3) is 0 Å². The lowest BCUT2D eigenvalue weighted by Crippen LogP contribution is -2.44. The molecule has 0 spiro atoms. The van der Waals surface area contributed by atoms with Gasteiger partial charge in [-0.25, -0.2) is 0 Å². The van der Waals surface area contributed by atoms with E-state index in [9.17, 15) is 0 Å². The summed E-state index contributed by atoms with van der Waals surface area (Å²) in [7, 11) is 0. The molecule has 0 aliphatic heterocycles. The molecule has 2 saturated carbocycles. The predicted octanol–water partition coefficient (Wildman–Crippen LogP) is 0.922. The molecule has 8 N–H and O–H groups in total. The largest absolute Gasteiger partial charge is 0.328 e. The summed E-state index contributed by atoms with van der Waals surface area (Å²) in [5.41, 5.74) is 23.1. The molecular weight excluding hydrogens is 224 g/mol. The van der Waals surface area contributed by atoms with Crippen molar-refractivity contribution in [1.82, 2.24) is 0 Å². The van der Waals surface area contributed by atoms with Crippen LogP contribution >= 0.6 is 0 Å². The molecule has 4 heteroatoms. The van der Waals surface area contributed by atoms with Crippen molar-refractivity contribution in [2.45, 2.75) is 76.5 Å². The van der Waals surface area contributed by atoms with Crippen molar-refractivity contribution in [3.63, 3.8) is 0 Å². The molecule has 6 atom stereocenters. The summed E-state index contributed by atoms with van der Waals surface area (Å²) in [5.74, 6) is 1.21. The van der Waals surface area contributed by atoms with Crippen LogP contribution < -0.4 is 22.9 Å². The Balaban J connectivity index is 0.000000180. The first-order chi connectivity index (χ1) is 8.41. The van der Waals surface area contributed by atoms with E-state index in [1.54, 1.807) is 0 Å². The monoisotopic (exact) mass is 256 g/mol. The smallest absolute Gasteiger partial charge is 0.00792 e. The first-order valence-electron chi connectivity index (χ1n) is 7.44. The summed E-state index contributed by atoms with van der Waals surface area (Å²) in [6.07, 6.45) is 6.93. The average molecular weight is 256 g/mol. The van der Waals surface area contributed by atoms with Gasteiger partial charge in [-0.05, 0) is 43.9 Å². The second-order valence-corrected chi connectivity index (χ2v) is 6.33. The Labute approximate surface area is 112 Å². The van der Waals surface area contributed by atoms with Gasteiger partial charge in [-0.3, -0.25) is 0 Å². The fraction of sp³-hybridized carbons (Fsp3) is 1.00. The molecule has 0 bridgehead atoms. The molecule has 108 valence electrons. The maximum atomic E-state index is 5.79. The van der Waals surface area contributed by atoms with Crippen molar-refractivity contribution in [2.24, 2.45) is 34.8 Å². The molecule has 18 heavy (non-hydrogen) atoms. The van der Waals surface area contributed by atoms with Crippen molar-refractivity contribution < 1.29 is 0 Å². The molecule has 0 aromatic rings. The quantitative estimate of drug-likeness (QED) is 0.517. The molecule has 1 unspecified atom stereocenters. The lowest BCUT2D eigenvalue weighted by Gasteiger charge is -2.30. The SMILES string of the molecule is CC1[C@H](N)CCC[C@@H]1N.C[C@@H]1CC[C@H](N)C[C@@H]1N. The maximum Gasteiger partial charge on any atom is 0.00792 e. The van der Waals surface area contributed by atoms with E-state index in [4.69, 9.17) is 22.9 Å². The Morgan fingerprint density at radius 2 is 1.28 bits per heavy atom. The van der Waals surface area contributed by atoms with E-state index in [1.165, 1.54) is 12.8 Å². The molecule has 2 fully saturated rings. The van der Waals surface area contributed by atoms with Gasteiger partial charge in [0.25, 0.3) is 0 Å². The average Bonchev–Trinajstić information content (AvgIpc) is 2.32. The first-order valence-corrected chi connectivity index (χ1v) is 7.44. The zero-order valence-electron chi connectivity index (χ0n) is 12.0. The third-order valence-corrected chi connectivity index (χ3v) is 4.72. The fourth-order valence-corrected chi connectivity index (χ4v) is 2.82. The van der Waals surface area contributed by atoms with Crippen LogP contribution in [-0.4, -0.2) is 24.2 Å². The Hall–Kier alpha value is -0.160. The Kier molecular flexibility index (Phi) is 6.57. The molecule has 2 aliphatic carbocycles. The molecular formula is C14H32N4. The lowest BCUT2D eigenvalue weighted by molar-refractivity contribution is 0.287. The van der Waals surface area contributed by atoms with Crippen molar-refractivity contribution >= 4 is 0 Å². The number of rotatable bonds is 0. The van der Waals surface area contributed by atoms with Gasteiger partial charge in [-0.1, -0.05) is 20.3 Å². The molecule has 0 aromatic heterocycles. The highest BCUT2D eigenvalue weighted by molar-refractivity contribution is 4.83. The topological polar surface area (TPSA) is 104 Å². The molecule has 0 radical (unpaired) electrons.